The second-order valence-corrected chi connectivity index (χ2v) is 2.08. The predicted molar refractivity (Wildman–Crippen MR) is 35.5 cm³/mol. The molecule has 0 bridgehead atoms. The van der Waals surface area contributed by atoms with Gasteiger partial charge in [-0.3, -0.25) is 0 Å². The molecule has 0 aromatic heterocycles. The fraction of sp³-hybridized carbons (Fsp3) is 1.00. The van der Waals surface area contributed by atoms with E-state index in [-0.39, 0.29) is 12.1 Å². The third-order valence-corrected chi connectivity index (χ3v) is 1.54. The average molecular weight is 133 g/mol. The maximum atomic E-state index is 8.50. The van der Waals surface area contributed by atoms with Crippen molar-refractivity contribution < 1.29 is 9.94 Å². The van der Waals surface area contributed by atoms with Crippen molar-refractivity contribution in [2.75, 3.05) is 7.11 Å². The minimum atomic E-state index is 0.0509. The predicted octanol–water partition coefficient (Wildman–Crippen LogP) is 0.779. The van der Waals surface area contributed by atoms with Crippen molar-refractivity contribution in [1.29, 1.82) is 0 Å². The summed E-state index contributed by atoms with van der Waals surface area (Å²) in [6.45, 7) is 3.90. The van der Waals surface area contributed by atoms with Crippen LogP contribution in [-0.2, 0) is 4.74 Å². The summed E-state index contributed by atoms with van der Waals surface area (Å²) in [6, 6.07) is 0.0509. The summed E-state index contributed by atoms with van der Waals surface area (Å²) in [6.07, 6.45) is 0.936. The maximum absolute atomic E-state index is 8.50. The molecule has 0 aliphatic rings. The van der Waals surface area contributed by atoms with Gasteiger partial charge in [-0.1, -0.05) is 6.92 Å². The third kappa shape index (κ3) is 2.79. The molecule has 0 aliphatic heterocycles. The Morgan fingerprint density at radius 1 is 1.67 bits per heavy atom. The highest BCUT2D eigenvalue weighted by atomic mass is 16.5. The fourth-order valence-corrected chi connectivity index (χ4v) is 0.692. The van der Waals surface area contributed by atoms with Crippen LogP contribution in [0.4, 0.5) is 0 Å². The Morgan fingerprint density at radius 2 is 2.22 bits per heavy atom. The topological polar surface area (TPSA) is 41.5 Å². The molecule has 3 nitrogen and oxygen atoms in total. The number of methoxy groups -OCH3 is 1. The highest BCUT2D eigenvalue weighted by molar-refractivity contribution is 4.66. The van der Waals surface area contributed by atoms with Crippen LogP contribution in [0, 0.1) is 0 Å². The standard InChI is InChI=1S/C6H15NO2/c1-4-6(7-8)5(2)9-3/h5-8H,4H2,1-3H3. The van der Waals surface area contributed by atoms with Gasteiger partial charge in [-0.15, -0.1) is 0 Å². The molecule has 0 heterocycles. The normalized spacial score (nSPS) is 17.3. The Kier molecular flexibility index (Phi) is 4.67. The van der Waals surface area contributed by atoms with Gasteiger partial charge in [0.2, 0.25) is 0 Å². The molecule has 0 aliphatic carbocycles. The summed E-state index contributed by atoms with van der Waals surface area (Å²) in [5.41, 5.74) is 2.18. The monoisotopic (exact) mass is 133 g/mol. The lowest BCUT2D eigenvalue weighted by Crippen LogP contribution is -2.36. The Hall–Kier alpha value is -0.120. The van der Waals surface area contributed by atoms with Crippen LogP contribution in [0.2, 0.25) is 0 Å². The summed E-state index contributed by atoms with van der Waals surface area (Å²) in [5.74, 6) is 0. The lowest BCUT2D eigenvalue weighted by molar-refractivity contribution is 0.0199. The number of rotatable bonds is 4. The van der Waals surface area contributed by atoms with Crippen LogP contribution >= 0.6 is 0 Å². The van der Waals surface area contributed by atoms with Gasteiger partial charge in [0.05, 0.1) is 12.1 Å². The van der Waals surface area contributed by atoms with Crippen molar-refractivity contribution in [1.82, 2.24) is 5.48 Å². The van der Waals surface area contributed by atoms with Crippen molar-refractivity contribution in [3.63, 3.8) is 0 Å². The van der Waals surface area contributed by atoms with Gasteiger partial charge < -0.3 is 9.94 Å². The number of hydroxylamine groups is 1. The number of hydrogen-bond acceptors (Lipinski definition) is 3. The molecular formula is C6H15NO2. The zero-order chi connectivity index (χ0) is 7.28. The summed E-state index contributed by atoms with van der Waals surface area (Å²) in [5, 5.41) is 8.50. The van der Waals surface area contributed by atoms with Crippen LogP contribution < -0.4 is 5.48 Å². The van der Waals surface area contributed by atoms with E-state index in [9.17, 15) is 0 Å². The maximum Gasteiger partial charge on any atom is 0.0718 e. The van der Waals surface area contributed by atoms with Gasteiger partial charge >= 0.3 is 0 Å². The summed E-state index contributed by atoms with van der Waals surface area (Å²) in [4.78, 5) is 0. The molecule has 0 amide bonds. The van der Waals surface area contributed by atoms with E-state index in [0.717, 1.165) is 6.42 Å². The van der Waals surface area contributed by atoms with E-state index in [1.54, 1.807) is 7.11 Å². The average Bonchev–Trinajstić information content (AvgIpc) is 1.90. The molecule has 0 aromatic rings. The summed E-state index contributed by atoms with van der Waals surface area (Å²) < 4.78 is 4.97. The van der Waals surface area contributed by atoms with Gasteiger partial charge in [0.15, 0.2) is 0 Å². The first-order valence-electron chi connectivity index (χ1n) is 3.18. The van der Waals surface area contributed by atoms with E-state index in [4.69, 9.17) is 9.94 Å². The molecule has 0 spiro atoms. The number of ether oxygens (including phenoxy) is 1. The van der Waals surface area contributed by atoms with E-state index in [0.29, 0.717) is 0 Å². The molecular weight excluding hydrogens is 118 g/mol. The van der Waals surface area contributed by atoms with E-state index in [2.05, 4.69) is 5.48 Å². The molecule has 0 rings (SSSR count). The Morgan fingerprint density at radius 3 is 2.33 bits per heavy atom. The second kappa shape index (κ2) is 4.73. The summed E-state index contributed by atoms with van der Waals surface area (Å²) >= 11 is 0. The first kappa shape index (κ1) is 8.88. The lowest BCUT2D eigenvalue weighted by Gasteiger charge is -2.18. The molecule has 9 heavy (non-hydrogen) atoms. The first-order chi connectivity index (χ1) is 4.26. The van der Waals surface area contributed by atoms with E-state index >= 15 is 0 Å². The van der Waals surface area contributed by atoms with Crippen LogP contribution in [0.25, 0.3) is 0 Å². The van der Waals surface area contributed by atoms with Gasteiger partial charge in [-0.25, -0.2) is 0 Å². The highest BCUT2D eigenvalue weighted by Gasteiger charge is 2.11. The Balaban J connectivity index is 3.50. The van der Waals surface area contributed by atoms with Gasteiger partial charge in [0.1, 0.15) is 0 Å². The third-order valence-electron chi connectivity index (χ3n) is 1.54. The fourth-order valence-electron chi connectivity index (χ4n) is 0.692. The van der Waals surface area contributed by atoms with Crippen molar-refractivity contribution in [3.05, 3.63) is 0 Å². The number of hydrogen-bond donors (Lipinski definition) is 2. The minimum absolute atomic E-state index is 0.0509. The highest BCUT2D eigenvalue weighted by Crippen LogP contribution is 1.99. The molecule has 0 saturated carbocycles. The van der Waals surface area contributed by atoms with Crippen molar-refractivity contribution in [2.24, 2.45) is 0 Å². The molecule has 0 fully saturated rings. The van der Waals surface area contributed by atoms with Crippen LogP contribution in [0.3, 0.4) is 0 Å². The van der Waals surface area contributed by atoms with Crippen molar-refractivity contribution in [2.45, 2.75) is 32.4 Å². The summed E-state index contributed by atoms with van der Waals surface area (Å²) in [7, 11) is 1.63. The molecule has 2 N–H and O–H groups in total. The molecule has 3 heteroatoms. The SMILES string of the molecule is CCC(NO)C(C)OC. The molecule has 56 valence electrons. The van der Waals surface area contributed by atoms with Crippen molar-refractivity contribution in [3.8, 4) is 0 Å². The van der Waals surface area contributed by atoms with E-state index in [1.165, 1.54) is 0 Å². The van der Waals surface area contributed by atoms with Crippen LogP contribution in [0.1, 0.15) is 20.3 Å². The Bertz CT molecular complexity index is 64.1. The first-order valence-corrected chi connectivity index (χ1v) is 3.18. The smallest absolute Gasteiger partial charge is 0.0718 e. The quantitative estimate of drug-likeness (QED) is 0.557. The van der Waals surface area contributed by atoms with Crippen LogP contribution in [-0.4, -0.2) is 24.5 Å². The molecule has 2 unspecified atom stereocenters. The molecule has 2 atom stereocenters. The van der Waals surface area contributed by atoms with Gasteiger partial charge in [0.25, 0.3) is 0 Å². The van der Waals surface area contributed by atoms with Gasteiger partial charge in [-0.2, -0.15) is 5.48 Å². The van der Waals surface area contributed by atoms with Crippen LogP contribution in [0.15, 0.2) is 0 Å². The lowest BCUT2D eigenvalue weighted by atomic mass is 10.1. The van der Waals surface area contributed by atoms with Crippen LogP contribution in [0.5, 0.6) is 0 Å². The van der Waals surface area contributed by atoms with E-state index in [1.807, 2.05) is 13.8 Å². The minimum Gasteiger partial charge on any atom is -0.380 e. The van der Waals surface area contributed by atoms with Gasteiger partial charge in [0, 0.05) is 7.11 Å². The molecule has 0 radical (unpaired) electrons. The zero-order valence-electron chi connectivity index (χ0n) is 6.22. The molecule has 0 saturated heterocycles. The number of nitrogens with one attached hydrogen (secondary N) is 1. The second-order valence-electron chi connectivity index (χ2n) is 2.08. The molecule has 0 aromatic carbocycles. The largest absolute Gasteiger partial charge is 0.380 e. The van der Waals surface area contributed by atoms with Crippen molar-refractivity contribution >= 4 is 0 Å². The zero-order valence-corrected chi connectivity index (χ0v) is 6.22. The van der Waals surface area contributed by atoms with Gasteiger partial charge in [-0.05, 0) is 13.3 Å². The van der Waals surface area contributed by atoms with E-state index < -0.39 is 0 Å². The Labute approximate surface area is 56.0 Å².